The van der Waals surface area contributed by atoms with E-state index in [2.05, 4.69) is 5.32 Å². The van der Waals surface area contributed by atoms with Gasteiger partial charge in [0.2, 0.25) is 0 Å². The lowest BCUT2D eigenvalue weighted by Gasteiger charge is -2.09. The van der Waals surface area contributed by atoms with Crippen molar-refractivity contribution in [2.75, 3.05) is 6.61 Å². The van der Waals surface area contributed by atoms with Gasteiger partial charge in [-0.2, -0.15) is 0 Å². The zero-order chi connectivity index (χ0) is 25.9. The number of phenols is 1. The largest absolute Gasteiger partial charge is 0.507 e. The third-order valence-corrected chi connectivity index (χ3v) is 5.60. The molecule has 5 nitrogen and oxygen atoms in total. The molecule has 3 rings (SSSR count). The van der Waals surface area contributed by atoms with E-state index in [1.54, 1.807) is 36.4 Å². The fraction of sp³-hybridized carbons (Fsp3) is 0.226. The van der Waals surface area contributed by atoms with Gasteiger partial charge in [-0.1, -0.05) is 62.4 Å². The Morgan fingerprint density at radius 3 is 2.44 bits per heavy atom. The summed E-state index contributed by atoms with van der Waals surface area (Å²) in [5.41, 5.74) is 3.56. The molecule has 3 aromatic carbocycles. The van der Waals surface area contributed by atoms with E-state index in [1.807, 2.05) is 69.3 Å². The summed E-state index contributed by atoms with van der Waals surface area (Å²) in [6, 6.07) is 18.1. The smallest absolute Gasteiger partial charge is 0.338 e. The molecule has 1 amide bonds. The number of benzene rings is 3. The number of carbonyl (C=O) groups is 2. The average molecular weight is 484 g/mol. The lowest BCUT2D eigenvalue weighted by atomic mass is 10.00. The van der Waals surface area contributed by atoms with E-state index >= 15 is 0 Å². The number of amides is 1. The van der Waals surface area contributed by atoms with Crippen LogP contribution in [0.4, 0.5) is 0 Å². The predicted octanol–water partition coefficient (Wildman–Crippen LogP) is 5.10. The zero-order valence-corrected chi connectivity index (χ0v) is 21.1. The molecular formula is C31H33NO4. The van der Waals surface area contributed by atoms with E-state index in [9.17, 15) is 14.7 Å². The highest BCUT2D eigenvalue weighted by molar-refractivity contribution is 5.95. The summed E-state index contributed by atoms with van der Waals surface area (Å²) < 4.78 is 5.14. The molecule has 0 aromatic heterocycles. The first-order valence-corrected chi connectivity index (χ1v) is 12.3. The van der Waals surface area contributed by atoms with Crippen LogP contribution in [0, 0.1) is 0 Å². The van der Waals surface area contributed by atoms with Gasteiger partial charge in [-0.15, -0.1) is 0 Å². The highest BCUT2D eigenvalue weighted by Crippen LogP contribution is 2.21. The minimum absolute atomic E-state index is 0.204. The third-order valence-electron chi connectivity index (χ3n) is 5.60. The van der Waals surface area contributed by atoms with Crippen molar-refractivity contribution in [3.8, 4) is 16.9 Å². The summed E-state index contributed by atoms with van der Waals surface area (Å²) in [6.45, 7) is 6.65. The molecule has 0 radical (unpaired) electrons. The maximum atomic E-state index is 12.9. The van der Waals surface area contributed by atoms with Crippen LogP contribution in [0.15, 0.2) is 72.8 Å². The first kappa shape index (κ1) is 26.5. The van der Waals surface area contributed by atoms with Crippen LogP contribution in [0.3, 0.4) is 0 Å². The molecule has 0 aliphatic heterocycles. The van der Waals surface area contributed by atoms with Crippen molar-refractivity contribution in [2.45, 2.75) is 40.2 Å². The van der Waals surface area contributed by atoms with Crippen LogP contribution in [0.5, 0.6) is 5.75 Å². The Morgan fingerprint density at radius 2 is 1.75 bits per heavy atom. The molecule has 0 saturated carbocycles. The van der Waals surface area contributed by atoms with Gasteiger partial charge in [0.1, 0.15) is 5.75 Å². The number of carbonyl (C=O) groups excluding carboxylic acids is 2. The fourth-order valence-electron chi connectivity index (χ4n) is 3.75. The minimum Gasteiger partial charge on any atom is -0.507 e. The number of phenolic OH excluding ortho intramolecular Hbond substituents is 1. The summed E-state index contributed by atoms with van der Waals surface area (Å²) in [5.74, 6) is -0.339. The minimum atomic E-state index is -0.345. The van der Waals surface area contributed by atoms with E-state index in [0.717, 1.165) is 40.0 Å². The molecule has 36 heavy (non-hydrogen) atoms. The highest BCUT2D eigenvalue weighted by Gasteiger charge is 2.10. The van der Waals surface area contributed by atoms with Gasteiger partial charge in [-0.3, -0.25) is 4.79 Å². The van der Waals surface area contributed by atoms with Gasteiger partial charge in [-0.25, -0.2) is 4.79 Å². The first-order chi connectivity index (χ1) is 17.5. The van der Waals surface area contributed by atoms with Crippen LogP contribution < -0.4 is 15.8 Å². The van der Waals surface area contributed by atoms with E-state index < -0.39 is 0 Å². The molecule has 0 aliphatic carbocycles. The van der Waals surface area contributed by atoms with Crippen LogP contribution in [0.1, 0.15) is 59.9 Å². The summed E-state index contributed by atoms with van der Waals surface area (Å²) in [6.07, 6.45) is 9.43. The SMILES string of the molecule is C\C=C/C=c1/cc(-c2cccc(C(=O)NCc3ccc(C(=O)OCCC)cc3)c2)cc(O)/c1=C\CC. The second-order valence-corrected chi connectivity index (χ2v) is 8.40. The van der Waals surface area contributed by atoms with Crippen LogP contribution >= 0.6 is 0 Å². The second kappa shape index (κ2) is 13.1. The van der Waals surface area contributed by atoms with E-state index in [1.165, 1.54) is 0 Å². The lowest BCUT2D eigenvalue weighted by Crippen LogP contribution is -2.25. The Morgan fingerprint density at radius 1 is 0.972 bits per heavy atom. The van der Waals surface area contributed by atoms with Gasteiger partial charge in [-0.05, 0) is 78.1 Å². The molecule has 0 atom stereocenters. The summed E-state index contributed by atoms with van der Waals surface area (Å²) in [7, 11) is 0. The van der Waals surface area contributed by atoms with E-state index in [0.29, 0.717) is 24.3 Å². The molecule has 0 heterocycles. The van der Waals surface area contributed by atoms with Gasteiger partial charge >= 0.3 is 5.97 Å². The highest BCUT2D eigenvalue weighted by atomic mass is 16.5. The topological polar surface area (TPSA) is 75.6 Å². The third kappa shape index (κ3) is 6.95. The van der Waals surface area contributed by atoms with Gasteiger partial charge in [0.05, 0.1) is 12.2 Å². The van der Waals surface area contributed by atoms with Gasteiger partial charge in [0.25, 0.3) is 5.91 Å². The number of nitrogens with one attached hydrogen (secondary N) is 1. The van der Waals surface area contributed by atoms with E-state index in [4.69, 9.17) is 4.74 Å². The van der Waals surface area contributed by atoms with Crippen molar-refractivity contribution in [3.63, 3.8) is 0 Å². The number of aromatic hydroxyl groups is 1. The molecule has 5 heteroatoms. The Balaban J connectivity index is 1.77. The van der Waals surface area contributed by atoms with Crippen LogP contribution in [0.2, 0.25) is 0 Å². The molecule has 186 valence electrons. The normalized spacial score (nSPS) is 12.2. The standard InChI is InChI=1S/C31H33NO4/c1-4-7-10-25-19-27(20-29(33)28(25)9-5-2)24-11-8-12-26(18-24)30(34)32-21-22-13-15-23(16-14-22)31(35)36-17-6-3/h4,7-16,18-20,33H,5-6,17,21H2,1-3H3,(H,32,34)/b7-4-,25-10-,28-9-. The van der Waals surface area contributed by atoms with Crippen LogP contribution in [0.25, 0.3) is 23.3 Å². The van der Waals surface area contributed by atoms with Crippen LogP contribution in [-0.4, -0.2) is 23.6 Å². The van der Waals surface area contributed by atoms with Gasteiger partial charge < -0.3 is 15.2 Å². The molecule has 0 fully saturated rings. The number of ether oxygens (including phenoxy) is 1. The van der Waals surface area contributed by atoms with Crippen molar-refractivity contribution >= 4 is 24.0 Å². The molecular weight excluding hydrogens is 450 g/mol. The molecule has 0 aliphatic rings. The van der Waals surface area contributed by atoms with Crippen molar-refractivity contribution in [2.24, 2.45) is 0 Å². The first-order valence-electron chi connectivity index (χ1n) is 12.3. The van der Waals surface area contributed by atoms with Crippen molar-refractivity contribution in [3.05, 3.63) is 99.9 Å². The summed E-state index contributed by atoms with van der Waals surface area (Å²) in [5, 5.41) is 15.3. The van der Waals surface area contributed by atoms with Gasteiger partial charge in [0.15, 0.2) is 0 Å². The predicted molar refractivity (Wildman–Crippen MR) is 145 cm³/mol. The van der Waals surface area contributed by atoms with Crippen LogP contribution in [-0.2, 0) is 11.3 Å². The Hall–Kier alpha value is -4.12. The summed E-state index contributed by atoms with van der Waals surface area (Å²) >= 11 is 0. The van der Waals surface area contributed by atoms with E-state index in [-0.39, 0.29) is 17.6 Å². The zero-order valence-electron chi connectivity index (χ0n) is 21.1. The van der Waals surface area contributed by atoms with Gasteiger partial charge in [0, 0.05) is 17.3 Å². The molecule has 2 N–H and O–H groups in total. The number of hydrogen-bond acceptors (Lipinski definition) is 4. The van der Waals surface area contributed by atoms with Crippen molar-refractivity contribution in [1.29, 1.82) is 0 Å². The summed E-state index contributed by atoms with van der Waals surface area (Å²) in [4.78, 5) is 24.8. The lowest BCUT2D eigenvalue weighted by molar-refractivity contribution is 0.0505. The molecule has 0 saturated heterocycles. The van der Waals surface area contributed by atoms with Crippen molar-refractivity contribution in [1.82, 2.24) is 5.32 Å². The Bertz CT molecular complexity index is 1350. The quantitative estimate of drug-likeness (QED) is 0.415. The maximum absolute atomic E-state index is 12.9. The second-order valence-electron chi connectivity index (χ2n) is 8.40. The fourth-order valence-corrected chi connectivity index (χ4v) is 3.75. The monoisotopic (exact) mass is 483 g/mol. The Kier molecular flexibility index (Phi) is 9.64. The Labute approximate surface area is 212 Å². The molecule has 0 unspecified atom stereocenters. The molecule has 0 spiro atoms. The number of rotatable bonds is 9. The van der Waals surface area contributed by atoms with Crippen molar-refractivity contribution < 1.29 is 19.4 Å². The molecule has 3 aromatic rings. The maximum Gasteiger partial charge on any atom is 0.338 e. The number of esters is 1. The average Bonchev–Trinajstić information content (AvgIpc) is 2.90. The number of hydrogen-bond donors (Lipinski definition) is 2. The molecule has 0 bridgehead atoms. The number of allylic oxidation sites excluding steroid dienone is 2.